The molecule has 0 radical (unpaired) electrons. The molecule has 0 saturated heterocycles. The maximum atomic E-state index is 13.4. The zero-order chi connectivity index (χ0) is 15.1. The molecule has 1 nitrogen and oxygen atoms in total. The maximum Gasteiger partial charge on any atom is 0.159 e. The molecule has 0 fully saturated rings. The van der Waals surface area contributed by atoms with Crippen LogP contribution in [-0.2, 0) is 0 Å². The molecule has 0 aliphatic rings. The second kappa shape index (κ2) is 7.93. The van der Waals surface area contributed by atoms with Gasteiger partial charge in [-0.05, 0) is 36.3 Å². The zero-order valence-corrected chi connectivity index (χ0v) is 12.8. The lowest BCUT2D eigenvalue weighted by atomic mass is 10.1. The van der Waals surface area contributed by atoms with Crippen molar-refractivity contribution in [2.75, 3.05) is 7.11 Å². The van der Waals surface area contributed by atoms with Gasteiger partial charge in [-0.1, -0.05) is 54.1 Å². The molecule has 106 valence electrons. The predicted molar refractivity (Wildman–Crippen MR) is 84.8 cm³/mol. The first-order valence-electron chi connectivity index (χ1n) is 5.84. The van der Waals surface area contributed by atoms with Gasteiger partial charge < -0.3 is 4.74 Å². The number of hydrogen-bond donors (Lipinski definition) is 0. The summed E-state index contributed by atoms with van der Waals surface area (Å²) in [6.07, 6.45) is 5.21. The first-order chi connectivity index (χ1) is 9.43. The van der Waals surface area contributed by atoms with E-state index in [0.717, 1.165) is 16.9 Å². The smallest absolute Gasteiger partial charge is 0.159 e. The molecule has 0 amide bonds. The highest BCUT2D eigenvalue weighted by molar-refractivity contribution is 6.35. The monoisotopic (exact) mass is 312 g/mol. The van der Waals surface area contributed by atoms with E-state index in [4.69, 9.17) is 27.9 Å². The summed E-state index contributed by atoms with van der Waals surface area (Å²) in [6, 6.07) is 7.56. The molecule has 0 bridgehead atoms. The van der Waals surface area contributed by atoms with E-state index in [0.29, 0.717) is 0 Å². The molecule has 0 aromatic heterocycles. The SMILES string of the molecule is C=C(Cl)\C(F)=C(Cl)/C=C(C)/C=C/c1ccc(OC)cc1. The van der Waals surface area contributed by atoms with Crippen LogP contribution in [0.25, 0.3) is 6.08 Å². The molecule has 0 heterocycles. The topological polar surface area (TPSA) is 9.23 Å². The molecule has 0 atom stereocenters. The summed E-state index contributed by atoms with van der Waals surface area (Å²) in [6.45, 7) is 5.09. The van der Waals surface area contributed by atoms with E-state index in [-0.39, 0.29) is 10.1 Å². The lowest BCUT2D eigenvalue weighted by molar-refractivity contribution is 0.415. The average molecular weight is 313 g/mol. The predicted octanol–water partition coefficient (Wildman–Crippen LogP) is 5.83. The number of ether oxygens (including phenoxy) is 1. The molecule has 0 saturated carbocycles. The van der Waals surface area contributed by atoms with E-state index < -0.39 is 5.83 Å². The van der Waals surface area contributed by atoms with Crippen LogP contribution in [0.1, 0.15) is 12.5 Å². The van der Waals surface area contributed by atoms with Gasteiger partial charge in [0.25, 0.3) is 0 Å². The van der Waals surface area contributed by atoms with Crippen molar-refractivity contribution in [2.24, 2.45) is 0 Å². The van der Waals surface area contributed by atoms with E-state index in [1.807, 2.05) is 43.3 Å². The number of allylic oxidation sites excluding steroid dienone is 6. The Balaban J connectivity index is 2.83. The van der Waals surface area contributed by atoms with Crippen molar-refractivity contribution < 1.29 is 9.13 Å². The lowest BCUT2D eigenvalue weighted by Crippen LogP contribution is -1.81. The largest absolute Gasteiger partial charge is 0.497 e. The third kappa shape index (κ3) is 5.24. The van der Waals surface area contributed by atoms with E-state index in [2.05, 4.69) is 6.58 Å². The molecule has 0 spiro atoms. The van der Waals surface area contributed by atoms with Crippen molar-refractivity contribution in [2.45, 2.75) is 6.92 Å². The van der Waals surface area contributed by atoms with Gasteiger partial charge in [-0.15, -0.1) is 0 Å². The summed E-state index contributed by atoms with van der Waals surface area (Å²) in [4.78, 5) is 0. The summed E-state index contributed by atoms with van der Waals surface area (Å²) in [5, 5.41) is -0.278. The Labute approximate surface area is 128 Å². The maximum absolute atomic E-state index is 13.4. The number of halogens is 3. The third-order valence-electron chi connectivity index (χ3n) is 2.46. The van der Waals surface area contributed by atoms with Gasteiger partial charge in [0.05, 0.1) is 17.2 Å². The van der Waals surface area contributed by atoms with Crippen molar-refractivity contribution >= 4 is 29.3 Å². The average Bonchev–Trinajstić information content (AvgIpc) is 2.44. The van der Waals surface area contributed by atoms with E-state index in [9.17, 15) is 4.39 Å². The van der Waals surface area contributed by atoms with Gasteiger partial charge >= 0.3 is 0 Å². The second-order valence-corrected chi connectivity index (χ2v) is 4.93. The van der Waals surface area contributed by atoms with Crippen LogP contribution in [0.15, 0.2) is 64.5 Å². The van der Waals surface area contributed by atoms with Crippen molar-refractivity contribution in [3.8, 4) is 5.75 Å². The van der Waals surface area contributed by atoms with E-state index in [1.54, 1.807) is 7.11 Å². The van der Waals surface area contributed by atoms with Crippen LogP contribution in [0.4, 0.5) is 4.39 Å². The van der Waals surface area contributed by atoms with E-state index in [1.165, 1.54) is 6.08 Å². The van der Waals surface area contributed by atoms with Gasteiger partial charge in [0, 0.05) is 0 Å². The van der Waals surface area contributed by atoms with Gasteiger partial charge in [-0.3, -0.25) is 0 Å². The number of methoxy groups -OCH3 is 1. The Morgan fingerprint density at radius 1 is 1.25 bits per heavy atom. The highest BCUT2D eigenvalue weighted by Crippen LogP contribution is 2.23. The van der Waals surface area contributed by atoms with Gasteiger partial charge in [-0.2, -0.15) is 0 Å². The fraction of sp³-hybridized carbons (Fsp3) is 0.125. The van der Waals surface area contributed by atoms with Crippen molar-refractivity contribution in [3.05, 3.63) is 70.0 Å². The van der Waals surface area contributed by atoms with Gasteiger partial charge in [0.1, 0.15) is 5.75 Å². The standard InChI is InChI=1S/C16H15Cl2FO/c1-11(10-15(18)16(19)12(2)17)4-5-13-6-8-14(20-3)9-7-13/h4-10H,2H2,1,3H3/b5-4+,11-10+,16-15-. The minimum atomic E-state index is -0.717. The van der Waals surface area contributed by atoms with Crippen LogP contribution in [0.3, 0.4) is 0 Å². The highest BCUT2D eigenvalue weighted by atomic mass is 35.5. The Bertz CT molecular complexity index is 569. The van der Waals surface area contributed by atoms with Crippen LogP contribution in [0.5, 0.6) is 5.75 Å². The normalized spacial score (nSPS) is 13.3. The molecule has 0 aliphatic heterocycles. The number of hydrogen-bond acceptors (Lipinski definition) is 1. The Hall–Kier alpha value is -1.51. The van der Waals surface area contributed by atoms with Crippen LogP contribution < -0.4 is 4.74 Å². The lowest BCUT2D eigenvalue weighted by Gasteiger charge is -1.99. The van der Waals surface area contributed by atoms with Crippen LogP contribution >= 0.6 is 23.2 Å². The Kier molecular flexibility index (Phi) is 6.56. The molecular weight excluding hydrogens is 298 g/mol. The molecule has 0 unspecified atom stereocenters. The van der Waals surface area contributed by atoms with Crippen LogP contribution in [0, 0.1) is 0 Å². The van der Waals surface area contributed by atoms with Crippen molar-refractivity contribution in [1.29, 1.82) is 0 Å². The molecule has 1 rings (SSSR count). The summed E-state index contributed by atoms with van der Waals surface area (Å²) in [5.74, 6) is 0.0774. The van der Waals surface area contributed by atoms with E-state index >= 15 is 0 Å². The summed E-state index contributed by atoms with van der Waals surface area (Å²) < 4.78 is 18.4. The highest BCUT2D eigenvalue weighted by Gasteiger charge is 2.03. The number of benzene rings is 1. The van der Waals surface area contributed by atoms with Gasteiger partial charge in [0.2, 0.25) is 0 Å². The Morgan fingerprint density at radius 3 is 2.35 bits per heavy atom. The summed E-state index contributed by atoms with van der Waals surface area (Å²) in [5.41, 5.74) is 1.79. The zero-order valence-electron chi connectivity index (χ0n) is 11.3. The van der Waals surface area contributed by atoms with Crippen LogP contribution in [-0.4, -0.2) is 7.11 Å². The van der Waals surface area contributed by atoms with Crippen molar-refractivity contribution in [3.63, 3.8) is 0 Å². The summed E-state index contributed by atoms with van der Waals surface area (Å²) >= 11 is 11.2. The first kappa shape index (κ1) is 16.5. The molecule has 4 heteroatoms. The number of rotatable bonds is 5. The molecule has 0 aliphatic carbocycles. The van der Waals surface area contributed by atoms with Gasteiger partial charge in [-0.25, -0.2) is 4.39 Å². The van der Waals surface area contributed by atoms with Crippen molar-refractivity contribution in [1.82, 2.24) is 0 Å². The molecule has 1 aromatic carbocycles. The molecule has 1 aromatic rings. The van der Waals surface area contributed by atoms with Crippen LogP contribution in [0.2, 0.25) is 0 Å². The second-order valence-electron chi connectivity index (χ2n) is 4.06. The Morgan fingerprint density at radius 2 is 1.85 bits per heavy atom. The molecular formula is C16H15Cl2FO. The molecule has 0 N–H and O–H groups in total. The quantitative estimate of drug-likeness (QED) is 0.622. The minimum absolute atomic E-state index is 0.0677. The first-order valence-corrected chi connectivity index (χ1v) is 6.60. The molecule has 20 heavy (non-hydrogen) atoms. The fourth-order valence-corrected chi connectivity index (χ4v) is 1.82. The fourth-order valence-electron chi connectivity index (χ4n) is 1.38. The van der Waals surface area contributed by atoms with Gasteiger partial charge in [0.15, 0.2) is 5.83 Å². The third-order valence-corrected chi connectivity index (χ3v) is 2.90. The summed E-state index contributed by atoms with van der Waals surface area (Å²) in [7, 11) is 1.62. The minimum Gasteiger partial charge on any atom is -0.497 e.